The van der Waals surface area contributed by atoms with Crippen molar-refractivity contribution in [2.24, 2.45) is 0 Å². The van der Waals surface area contributed by atoms with E-state index in [0.717, 1.165) is 11.3 Å². The average molecular weight is 357 g/mol. The maximum absolute atomic E-state index is 12.5. The molecule has 0 unspecified atom stereocenters. The van der Waals surface area contributed by atoms with Crippen molar-refractivity contribution in [1.29, 1.82) is 0 Å². The van der Waals surface area contributed by atoms with Gasteiger partial charge in [-0.3, -0.25) is 9.59 Å². The molecule has 0 saturated carbocycles. The number of nitrogens with zero attached hydrogens (tertiary/aromatic N) is 2. The van der Waals surface area contributed by atoms with Crippen LogP contribution in [-0.2, 0) is 4.79 Å². The Morgan fingerprint density at radius 3 is 2.54 bits per heavy atom. The molecule has 1 N–H and O–H groups in total. The summed E-state index contributed by atoms with van der Waals surface area (Å²) in [5.74, 6) is 0.902. The molecule has 2 aromatic rings. The summed E-state index contributed by atoms with van der Waals surface area (Å²) in [5.41, 5.74) is 1.89. The third-order valence-corrected chi connectivity index (χ3v) is 4.44. The first kappa shape index (κ1) is 17.8. The fraction of sp³-hybridized carbons (Fsp3) is 0.368. The van der Waals surface area contributed by atoms with Crippen molar-refractivity contribution in [1.82, 2.24) is 9.80 Å². The third-order valence-electron chi connectivity index (χ3n) is 4.44. The van der Waals surface area contributed by atoms with E-state index in [4.69, 9.17) is 9.15 Å². The van der Waals surface area contributed by atoms with Gasteiger partial charge in [-0.1, -0.05) is 6.07 Å². The van der Waals surface area contributed by atoms with Gasteiger partial charge in [-0.2, -0.15) is 0 Å². The zero-order valence-electron chi connectivity index (χ0n) is 15.0. The molecule has 2 heterocycles. The molecule has 0 radical (unpaired) electrons. The van der Waals surface area contributed by atoms with E-state index in [1.807, 2.05) is 25.1 Å². The second kappa shape index (κ2) is 7.95. The van der Waals surface area contributed by atoms with Crippen LogP contribution in [0.4, 0.5) is 5.69 Å². The van der Waals surface area contributed by atoms with Crippen molar-refractivity contribution in [2.45, 2.75) is 6.92 Å². The second-order valence-electron chi connectivity index (χ2n) is 6.21. The molecule has 1 fully saturated rings. The standard InChI is InChI=1S/C19H23N3O4/c1-14-5-6-16(25-2)15(12-14)20-13-18(23)21-7-9-22(10-8-21)19(24)17-4-3-11-26-17/h3-6,11-12,20H,7-10,13H2,1-2H3. The van der Waals surface area contributed by atoms with Gasteiger partial charge in [0.25, 0.3) is 5.91 Å². The van der Waals surface area contributed by atoms with Crippen LogP contribution in [-0.4, -0.2) is 61.4 Å². The Morgan fingerprint density at radius 2 is 1.88 bits per heavy atom. The van der Waals surface area contributed by atoms with E-state index in [1.54, 1.807) is 29.0 Å². The molecule has 0 bridgehead atoms. The number of amides is 2. The molecule has 1 aliphatic heterocycles. The van der Waals surface area contributed by atoms with E-state index in [2.05, 4.69) is 5.32 Å². The number of nitrogens with one attached hydrogen (secondary N) is 1. The van der Waals surface area contributed by atoms with Crippen LogP contribution in [0.3, 0.4) is 0 Å². The van der Waals surface area contributed by atoms with Crippen molar-refractivity contribution in [2.75, 3.05) is 45.2 Å². The lowest BCUT2D eigenvalue weighted by atomic mass is 10.2. The van der Waals surface area contributed by atoms with Crippen LogP contribution in [0.15, 0.2) is 41.0 Å². The van der Waals surface area contributed by atoms with Crippen molar-refractivity contribution >= 4 is 17.5 Å². The molecule has 26 heavy (non-hydrogen) atoms. The Morgan fingerprint density at radius 1 is 1.15 bits per heavy atom. The average Bonchev–Trinajstić information content (AvgIpc) is 3.20. The Kier molecular flexibility index (Phi) is 5.46. The molecule has 0 atom stereocenters. The number of aryl methyl sites for hydroxylation is 1. The highest BCUT2D eigenvalue weighted by Gasteiger charge is 2.25. The smallest absolute Gasteiger partial charge is 0.289 e. The second-order valence-corrected chi connectivity index (χ2v) is 6.21. The lowest BCUT2D eigenvalue weighted by Crippen LogP contribution is -2.51. The molecule has 2 amide bonds. The minimum absolute atomic E-state index is 0.00124. The Bertz CT molecular complexity index is 765. The van der Waals surface area contributed by atoms with Gasteiger partial charge >= 0.3 is 0 Å². The quantitative estimate of drug-likeness (QED) is 0.886. The molecule has 7 heteroatoms. The molecule has 138 valence electrons. The van der Waals surface area contributed by atoms with E-state index in [0.29, 0.717) is 37.7 Å². The summed E-state index contributed by atoms with van der Waals surface area (Å²) < 4.78 is 10.5. The first-order valence-corrected chi connectivity index (χ1v) is 8.57. The minimum atomic E-state index is -0.135. The first-order chi connectivity index (χ1) is 12.6. The molecular formula is C19H23N3O4. The van der Waals surface area contributed by atoms with Gasteiger partial charge in [0.2, 0.25) is 5.91 Å². The van der Waals surface area contributed by atoms with E-state index in [-0.39, 0.29) is 18.4 Å². The zero-order chi connectivity index (χ0) is 18.5. The molecule has 7 nitrogen and oxygen atoms in total. The first-order valence-electron chi connectivity index (χ1n) is 8.57. The molecular weight excluding hydrogens is 334 g/mol. The number of piperazine rings is 1. The highest BCUT2D eigenvalue weighted by atomic mass is 16.5. The molecule has 1 saturated heterocycles. The molecule has 0 spiro atoms. The number of benzene rings is 1. The van der Waals surface area contributed by atoms with E-state index in [1.165, 1.54) is 6.26 Å². The highest BCUT2D eigenvalue weighted by Crippen LogP contribution is 2.25. The van der Waals surface area contributed by atoms with Crippen molar-refractivity contribution in [3.63, 3.8) is 0 Å². The molecule has 0 aliphatic carbocycles. The minimum Gasteiger partial charge on any atom is -0.495 e. The van der Waals surface area contributed by atoms with Crippen LogP contribution in [0.25, 0.3) is 0 Å². The maximum atomic E-state index is 12.5. The predicted octanol–water partition coefficient (Wildman–Crippen LogP) is 1.99. The number of carbonyl (C=O) groups is 2. The number of hydrogen-bond donors (Lipinski definition) is 1. The summed E-state index contributed by atoms with van der Waals surface area (Å²) in [7, 11) is 1.60. The van der Waals surface area contributed by atoms with Gasteiger partial charge in [0.05, 0.1) is 25.6 Å². The number of hydrogen-bond acceptors (Lipinski definition) is 5. The summed E-state index contributed by atoms with van der Waals surface area (Å²) in [6.07, 6.45) is 1.48. The van der Waals surface area contributed by atoms with Gasteiger partial charge in [-0.25, -0.2) is 0 Å². The number of furan rings is 1. The molecule has 1 aromatic heterocycles. The van der Waals surface area contributed by atoms with Gasteiger partial charge in [0.15, 0.2) is 5.76 Å². The van der Waals surface area contributed by atoms with Crippen LogP contribution in [0, 0.1) is 6.92 Å². The van der Waals surface area contributed by atoms with Gasteiger partial charge in [0, 0.05) is 26.2 Å². The SMILES string of the molecule is COc1ccc(C)cc1NCC(=O)N1CCN(C(=O)c2ccco2)CC1. The number of anilines is 1. The third kappa shape index (κ3) is 3.99. The van der Waals surface area contributed by atoms with Crippen LogP contribution in [0.2, 0.25) is 0 Å². The van der Waals surface area contributed by atoms with Crippen LogP contribution in [0.1, 0.15) is 16.1 Å². The lowest BCUT2D eigenvalue weighted by molar-refractivity contribution is -0.130. The summed E-state index contributed by atoms with van der Waals surface area (Å²) in [4.78, 5) is 28.2. The molecule has 1 aliphatic rings. The fourth-order valence-electron chi connectivity index (χ4n) is 2.96. The Balaban J connectivity index is 1.51. The van der Waals surface area contributed by atoms with Gasteiger partial charge < -0.3 is 24.3 Å². The van der Waals surface area contributed by atoms with Crippen molar-refractivity contribution < 1.29 is 18.7 Å². The van der Waals surface area contributed by atoms with E-state index >= 15 is 0 Å². The lowest BCUT2D eigenvalue weighted by Gasteiger charge is -2.34. The molecule has 3 rings (SSSR count). The van der Waals surface area contributed by atoms with Crippen LogP contribution in [0.5, 0.6) is 5.75 Å². The molecule has 1 aromatic carbocycles. The number of carbonyl (C=O) groups excluding carboxylic acids is 2. The van der Waals surface area contributed by atoms with Gasteiger partial charge in [-0.15, -0.1) is 0 Å². The van der Waals surface area contributed by atoms with Gasteiger partial charge in [-0.05, 0) is 36.8 Å². The van der Waals surface area contributed by atoms with E-state index < -0.39 is 0 Å². The maximum Gasteiger partial charge on any atom is 0.289 e. The topological polar surface area (TPSA) is 75.0 Å². The van der Waals surface area contributed by atoms with Crippen molar-refractivity contribution in [3.05, 3.63) is 47.9 Å². The van der Waals surface area contributed by atoms with E-state index in [9.17, 15) is 9.59 Å². The van der Waals surface area contributed by atoms with Crippen LogP contribution < -0.4 is 10.1 Å². The summed E-state index contributed by atoms with van der Waals surface area (Å²) in [6, 6.07) is 9.13. The van der Waals surface area contributed by atoms with Crippen molar-refractivity contribution in [3.8, 4) is 5.75 Å². The fourth-order valence-corrected chi connectivity index (χ4v) is 2.96. The summed E-state index contributed by atoms with van der Waals surface area (Å²) in [6.45, 7) is 4.20. The Labute approximate surface area is 152 Å². The zero-order valence-corrected chi connectivity index (χ0v) is 15.0. The monoisotopic (exact) mass is 357 g/mol. The number of rotatable bonds is 5. The van der Waals surface area contributed by atoms with Crippen LogP contribution >= 0.6 is 0 Å². The highest BCUT2D eigenvalue weighted by molar-refractivity contribution is 5.91. The summed E-state index contributed by atoms with van der Waals surface area (Å²) >= 11 is 0. The number of ether oxygens (including phenoxy) is 1. The predicted molar refractivity (Wildman–Crippen MR) is 97.4 cm³/mol. The normalized spacial score (nSPS) is 14.2. The number of methoxy groups -OCH3 is 1. The summed E-state index contributed by atoms with van der Waals surface area (Å²) in [5, 5.41) is 3.15. The Hall–Kier alpha value is -2.96. The largest absolute Gasteiger partial charge is 0.495 e. The van der Waals surface area contributed by atoms with Gasteiger partial charge in [0.1, 0.15) is 5.75 Å².